The Bertz CT molecular complexity index is 273. The number of ether oxygens (including phenoxy) is 2. The van der Waals surface area contributed by atoms with E-state index in [-0.39, 0.29) is 0 Å². The molecule has 0 aromatic rings. The Balaban J connectivity index is 1.66. The van der Waals surface area contributed by atoms with E-state index < -0.39 is 0 Å². The van der Waals surface area contributed by atoms with E-state index in [0.29, 0.717) is 24.4 Å². The van der Waals surface area contributed by atoms with E-state index >= 15 is 0 Å². The van der Waals surface area contributed by atoms with Crippen molar-refractivity contribution >= 4 is 0 Å². The van der Waals surface area contributed by atoms with Crippen molar-refractivity contribution in [2.24, 2.45) is 23.7 Å². The van der Waals surface area contributed by atoms with Gasteiger partial charge in [-0.2, -0.15) is 0 Å². The third-order valence-electron chi connectivity index (χ3n) is 4.99. The fraction of sp³-hybridized carbons (Fsp3) is 1.00. The van der Waals surface area contributed by atoms with Crippen molar-refractivity contribution in [3.05, 3.63) is 0 Å². The third kappa shape index (κ3) is 0.409. The van der Waals surface area contributed by atoms with Crippen LogP contribution in [0.25, 0.3) is 0 Å². The van der Waals surface area contributed by atoms with Crippen LogP contribution in [0.4, 0.5) is 0 Å². The summed E-state index contributed by atoms with van der Waals surface area (Å²) in [7, 11) is 0. The predicted octanol–water partition coefficient (Wildman–Crippen LogP) is 0.807. The summed E-state index contributed by atoms with van der Waals surface area (Å²) < 4.78 is 11.3. The lowest BCUT2D eigenvalue weighted by Gasteiger charge is -2.22. The Morgan fingerprint density at radius 1 is 0.750 bits per heavy atom. The van der Waals surface area contributed by atoms with E-state index in [0.717, 1.165) is 23.7 Å². The van der Waals surface area contributed by atoms with Crippen molar-refractivity contribution < 1.29 is 9.47 Å². The quantitative estimate of drug-likeness (QED) is 0.495. The molecule has 0 aromatic carbocycles. The summed E-state index contributed by atoms with van der Waals surface area (Å²) in [5.41, 5.74) is 0. The minimum Gasteiger partial charge on any atom is -0.369 e. The van der Waals surface area contributed by atoms with Gasteiger partial charge in [0.15, 0.2) is 0 Å². The summed E-state index contributed by atoms with van der Waals surface area (Å²) in [6.45, 7) is 0. The van der Waals surface area contributed by atoms with Crippen molar-refractivity contribution in [3.63, 3.8) is 0 Å². The van der Waals surface area contributed by atoms with Gasteiger partial charge in [0.05, 0.1) is 24.4 Å². The molecule has 5 fully saturated rings. The average Bonchev–Trinajstić information content (AvgIpc) is 2.92. The van der Waals surface area contributed by atoms with E-state index in [1.165, 1.54) is 12.8 Å². The first-order chi connectivity index (χ1) is 5.93. The highest BCUT2D eigenvalue weighted by Crippen LogP contribution is 2.69. The molecule has 0 amide bonds. The van der Waals surface area contributed by atoms with Gasteiger partial charge in [0.25, 0.3) is 0 Å². The summed E-state index contributed by atoms with van der Waals surface area (Å²) >= 11 is 0. The topological polar surface area (TPSA) is 25.1 Å². The van der Waals surface area contributed by atoms with Crippen molar-refractivity contribution in [1.82, 2.24) is 0 Å². The Morgan fingerprint density at radius 3 is 2.67 bits per heavy atom. The number of epoxide rings is 2. The second-order valence-corrected chi connectivity index (χ2v) is 5.24. The summed E-state index contributed by atoms with van der Waals surface area (Å²) in [5, 5.41) is 0. The molecule has 2 bridgehead atoms. The zero-order valence-corrected chi connectivity index (χ0v) is 6.85. The SMILES string of the molecule is C1[C@@H]2[C@@H]3C[C@H]4O[C@H]4[C@@H]3[C@H]1[C@@H]1O[C@H]21. The van der Waals surface area contributed by atoms with Crippen molar-refractivity contribution in [2.45, 2.75) is 37.3 Å². The number of hydrogen-bond donors (Lipinski definition) is 0. The van der Waals surface area contributed by atoms with Crippen LogP contribution in [-0.2, 0) is 9.47 Å². The molecular formula is C10H12O2. The van der Waals surface area contributed by atoms with Gasteiger partial charge in [-0.15, -0.1) is 0 Å². The van der Waals surface area contributed by atoms with Gasteiger partial charge in [-0.1, -0.05) is 0 Å². The number of hydrogen-bond acceptors (Lipinski definition) is 2. The van der Waals surface area contributed by atoms with Gasteiger partial charge in [0.2, 0.25) is 0 Å². The lowest BCUT2D eigenvalue weighted by Crippen LogP contribution is -2.27. The third-order valence-corrected chi connectivity index (χ3v) is 4.99. The summed E-state index contributed by atoms with van der Waals surface area (Å²) in [5.74, 6) is 3.77. The second-order valence-electron chi connectivity index (χ2n) is 5.24. The Hall–Kier alpha value is -0.0800. The van der Waals surface area contributed by atoms with Crippen LogP contribution in [0, 0.1) is 23.7 Å². The monoisotopic (exact) mass is 164 g/mol. The van der Waals surface area contributed by atoms with E-state index in [1.807, 2.05) is 0 Å². The van der Waals surface area contributed by atoms with Crippen molar-refractivity contribution in [1.29, 1.82) is 0 Å². The molecule has 2 heterocycles. The number of rotatable bonds is 0. The molecule has 2 aliphatic heterocycles. The molecule has 8 atom stereocenters. The molecular weight excluding hydrogens is 152 g/mol. The average molecular weight is 164 g/mol. The maximum absolute atomic E-state index is 5.69. The van der Waals surface area contributed by atoms with Gasteiger partial charge in [-0.05, 0) is 36.5 Å². The van der Waals surface area contributed by atoms with E-state index in [1.54, 1.807) is 0 Å². The molecule has 64 valence electrons. The van der Waals surface area contributed by atoms with Crippen LogP contribution in [0.2, 0.25) is 0 Å². The Kier molecular flexibility index (Phi) is 0.644. The van der Waals surface area contributed by atoms with E-state index in [4.69, 9.17) is 9.47 Å². The molecule has 0 radical (unpaired) electrons. The first-order valence-corrected chi connectivity index (χ1v) is 5.24. The van der Waals surface area contributed by atoms with Gasteiger partial charge in [-0.25, -0.2) is 0 Å². The largest absolute Gasteiger partial charge is 0.369 e. The van der Waals surface area contributed by atoms with Gasteiger partial charge in [-0.3, -0.25) is 0 Å². The maximum atomic E-state index is 5.69. The first-order valence-electron chi connectivity index (χ1n) is 5.24. The summed E-state index contributed by atoms with van der Waals surface area (Å²) in [6, 6.07) is 0. The van der Waals surface area contributed by atoms with Gasteiger partial charge in [0, 0.05) is 0 Å². The molecule has 0 N–H and O–H groups in total. The first kappa shape index (κ1) is 5.61. The predicted molar refractivity (Wildman–Crippen MR) is 40.5 cm³/mol. The van der Waals surface area contributed by atoms with Crippen LogP contribution in [0.5, 0.6) is 0 Å². The molecule has 0 unspecified atom stereocenters. The van der Waals surface area contributed by atoms with Crippen LogP contribution in [0.15, 0.2) is 0 Å². The van der Waals surface area contributed by atoms with E-state index in [2.05, 4.69) is 0 Å². The summed E-state index contributed by atoms with van der Waals surface area (Å²) in [6.07, 6.45) is 5.58. The van der Waals surface area contributed by atoms with Gasteiger partial charge in [0.1, 0.15) is 0 Å². The Morgan fingerprint density at radius 2 is 1.67 bits per heavy atom. The second kappa shape index (κ2) is 1.38. The molecule has 0 spiro atoms. The molecule has 3 saturated carbocycles. The minimum atomic E-state index is 0.676. The van der Waals surface area contributed by atoms with Gasteiger partial charge < -0.3 is 9.47 Å². The summed E-state index contributed by atoms with van der Waals surface area (Å²) in [4.78, 5) is 0. The molecule has 5 rings (SSSR count). The fourth-order valence-corrected chi connectivity index (χ4v) is 4.58. The lowest BCUT2D eigenvalue weighted by atomic mass is 9.81. The highest BCUT2D eigenvalue weighted by atomic mass is 16.6. The van der Waals surface area contributed by atoms with Gasteiger partial charge >= 0.3 is 0 Å². The highest BCUT2D eigenvalue weighted by molar-refractivity contribution is 5.21. The molecule has 0 aromatic heterocycles. The standard InChI is InChI=1S/C10H12O2/c1-4-3-2-6-10(11-6)7(3)5(1)9-8(4)12-9/h3-10H,1-2H2/t3-,4+,5-,6+,7-,8+,9-,10+/m0/s1. The molecule has 5 aliphatic rings. The minimum absolute atomic E-state index is 0.676. The molecule has 12 heavy (non-hydrogen) atoms. The zero-order chi connectivity index (χ0) is 7.45. The van der Waals surface area contributed by atoms with Crippen LogP contribution in [-0.4, -0.2) is 24.4 Å². The smallest absolute Gasteiger partial charge is 0.0876 e. The van der Waals surface area contributed by atoms with Crippen molar-refractivity contribution in [2.75, 3.05) is 0 Å². The zero-order valence-electron chi connectivity index (χ0n) is 6.85. The van der Waals surface area contributed by atoms with Crippen LogP contribution >= 0.6 is 0 Å². The van der Waals surface area contributed by atoms with Crippen LogP contribution in [0.1, 0.15) is 12.8 Å². The molecule has 2 heteroatoms. The Labute approximate surface area is 71.2 Å². The van der Waals surface area contributed by atoms with Crippen molar-refractivity contribution in [3.8, 4) is 0 Å². The van der Waals surface area contributed by atoms with Crippen LogP contribution < -0.4 is 0 Å². The molecule has 2 saturated heterocycles. The highest BCUT2D eigenvalue weighted by Gasteiger charge is 2.74. The lowest BCUT2D eigenvalue weighted by molar-refractivity contribution is 0.162. The number of fused-ring (bicyclic) bond motifs is 10. The van der Waals surface area contributed by atoms with Crippen LogP contribution in [0.3, 0.4) is 0 Å². The normalized spacial score (nSPS) is 80.0. The molecule has 3 aliphatic carbocycles. The molecule has 2 nitrogen and oxygen atoms in total. The fourth-order valence-electron chi connectivity index (χ4n) is 4.58. The van der Waals surface area contributed by atoms with E-state index in [9.17, 15) is 0 Å². The maximum Gasteiger partial charge on any atom is 0.0876 e.